The van der Waals surface area contributed by atoms with Crippen LogP contribution >= 0.6 is 15.9 Å². The van der Waals surface area contributed by atoms with Gasteiger partial charge in [0.25, 0.3) is 5.91 Å². The van der Waals surface area contributed by atoms with Gasteiger partial charge in [-0.15, -0.1) is 0 Å². The van der Waals surface area contributed by atoms with Crippen LogP contribution in [0.2, 0.25) is 0 Å². The van der Waals surface area contributed by atoms with Gasteiger partial charge in [-0.2, -0.15) is 0 Å². The molecule has 1 aromatic rings. The molecule has 2 unspecified atom stereocenters. The summed E-state index contributed by atoms with van der Waals surface area (Å²) in [7, 11) is 0. The molecule has 0 bridgehead atoms. The van der Waals surface area contributed by atoms with Gasteiger partial charge in [-0.25, -0.2) is 4.39 Å². The van der Waals surface area contributed by atoms with E-state index in [2.05, 4.69) is 28.2 Å². The van der Waals surface area contributed by atoms with Crippen LogP contribution < -0.4 is 5.32 Å². The Hall–Kier alpha value is -0.900. The average Bonchev–Trinajstić information content (AvgIpc) is 2.54. The Labute approximate surface area is 121 Å². The summed E-state index contributed by atoms with van der Waals surface area (Å²) < 4.78 is 14.2. The van der Waals surface area contributed by atoms with Crippen molar-refractivity contribution in [1.82, 2.24) is 5.32 Å². The number of halogens is 2. The van der Waals surface area contributed by atoms with Gasteiger partial charge in [0, 0.05) is 10.5 Å². The number of nitrogens with one attached hydrogen (secondary N) is 1. The highest BCUT2D eigenvalue weighted by Crippen LogP contribution is 2.24. The Morgan fingerprint density at radius 3 is 2.84 bits per heavy atom. The highest BCUT2D eigenvalue weighted by molar-refractivity contribution is 9.10. The Bertz CT molecular complexity index is 443. The standard InChI is InChI=1S/C15H19BrFNO/c1-10-4-2-5-11(9-8-10)18-15(19)14-12(16)6-3-7-13(14)17/h3,6-7,10-11H,2,4-5,8-9H2,1H3,(H,18,19). The van der Waals surface area contributed by atoms with Crippen LogP contribution in [0.5, 0.6) is 0 Å². The zero-order valence-electron chi connectivity index (χ0n) is 11.1. The first-order chi connectivity index (χ1) is 9.08. The Morgan fingerprint density at radius 1 is 1.32 bits per heavy atom. The number of carbonyl (C=O) groups is 1. The molecule has 104 valence electrons. The summed E-state index contributed by atoms with van der Waals surface area (Å²) in [5.74, 6) is -0.0690. The normalized spacial score (nSPS) is 23.7. The van der Waals surface area contributed by atoms with Crippen LogP contribution in [0.4, 0.5) is 4.39 Å². The monoisotopic (exact) mass is 327 g/mol. The molecule has 1 amide bonds. The van der Waals surface area contributed by atoms with Crippen LogP contribution in [0.25, 0.3) is 0 Å². The zero-order chi connectivity index (χ0) is 13.8. The first-order valence-corrected chi connectivity index (χ1v) is 7.62. The molecule has 4 heteroatoms. The quantitative estimate of drug-likeness (QED) is 0.807. The minimum atomic E-state index is -0.478. The summed E-state index contributed by atoms with van der Waals surface area (Å²) in [4.78, 5) is 12.2. The van der Waals surface area contributed by atoms with Gasteiger partial charge in [-0.1, -0.05) is 25.8 Å². The number of hydrogen-bond acceptors (Lipinski definition) is 1. The molecule has 2 atom stereocenters. The molecule has 2 nitrogen and oxygen atoms in total. The van der Waals surface area contributed by atoms with Crippen LogP contribution in [-0.2, 0) is 0 Å². The van der Waals surface area contributed by atoms with Crippen molar-refractivity contribution in [1.29, 1.82) is 0 Å². The van der Waals surface area contributed by atoms with Crippen LogP contribution in [0.1, 0.15) is 49.4 Å². The largest absolute Gasteiger partial charge is 0.349 e. The fraction of sp³-hybridized carbons (Fsp3) is 0.533. The van der Waals surface area contributed by atoms with E-state index in [1.807, 2.05) is 0 Å². The van der Waals surface area contributed by atoms with Gasteiger partial charge < -0.3 is 5.32 Å². The molecule has 2 rings (SSSR count). The summed E-state index contributed by atoms with van der Waals surface area (Å²) in [6.07, 6.45) is 5.45. The molecule has 1 N–H and O–H groups in total. The highest BCUT2D eigenvalue weighted by Gasteiger charge is 2.21. The summed E-state index contributed by atoms with van der Waals surface area (Å²) >= 11 is 3.24. The number of rotatable bonds is 2. The summed E-state index contributed by atoms with van der Waals surface area (Å²) in [5, 5.41) is 2.97. The highest BCUT2D eigenvalue weighted by atomic mass is 79.9. The minimum absolute atomic E-state index is 0.111. The van der Waals surface area contributed by atoms with Gasteiger partial charge in [0.05, 0.1) is 5.56 Å². The Balaban J connectivity index is 2.04. The number of benzene rings is 1. The maximum Gasteiger partial charge on any atom is 0.255 e. The Kier molecular flexibility index (Phi) is 4.97. The fourth-order valence-corrected chi connectivity index (χ4v) is 3.13. The third kappa shape index (κ3) is 3.78. The molecule has 1 saturated carbocycles. The van der Waals surface area contributed by atoms with Crippen molar-refractivity contribution in [3.63, 3.8) is 0 Å². The van der Waals surface area contributed by atoms with E-state index in [4.69, 9.17) is 0 Å². The smallest absolute Gasteiger partial charge is 0.255 e. The molecule has 1 aromatic carbocycles. The number of hydrogen-bond donors (Lipinski definition) is 1. The van der Waals surface area contributed by atoms with E-state index in [1.165, 1.54) is 12.5 Å². The van der Waals surface area contributed by atoms with Crippen molar-refractivity contribution in [3.8, 4) is 0 Å². The zero-order valence-corrected chi connectivity index (χ0v) is 12.7. The maximum absolute atomic E-state index is 13.7. The van der Waals surface area contributed by atoms with Gasteiger partial charge >= 0.3 is 0 Å². The van der Waals surface area contributed by atoms with Gasteiger partial charge in [0.1, 0.15) is 5.82 Å². The van der Waals surface area contributed by atoms with Crippen molar-refractivity contribution in [3.05, 3.63) is 34.1 Å². The van der Waals surface area contributed by atoms with E-state index in [-0.39, 0.29) is 17.5 Å². The lowest BCUT2D eigenvalue weighted by Gasteiger charge is -2.17. The molecular weight excluding hydrogens is 309 g/mol. The van der Waals surface area contributed by atoms with E-state index in [9.17, 15) is 9.18 Å². The minimum Gasteiger partial charge on any atom is -0.349 e. The van der Waals surface area contributed by atoms with E-state index in [0.717, 1.165) is 31.6 Å². The van der Waals surface area contributed by atoms with E-state index in [0.29, 0.717) is 4.47 Å². The molecule has 1 aliphatic rings. The first kappa shape index (κ1) is 14.5. The van der Waals surface area contributed by atoms with E-state index in [1.54, 1.807) is 12.1 Å². The number of amides is 1. The molecule has 0 spiro atoms. The first-order valence-electron chi connectivity index (χ1n) is 6.83. The second-order valence-corrected chi connectivity index (χ2v) is 6.23. The van der Waals surface area contributed by atoms with Crippen LogP contribution in [-0.4, -0.2) is 11.9 Å². The lowest BCUT2D eigenvalue weighted by molar-refractivity contribution is 0.0928. The van der Waals surface area contributed by atoms with Crippen molar-refractivity contribution in [2.45, 2.75) is 45.1 Å². The molecular formula is C15H19BrFNO. The van der Waals surface area contributed by atoms with Crippen molar-refractivity contribution < 1.29 is 9.18 Å². The molecule has 1 fully saturated rings. The molecule has 0 radical (unpaired) electrons. The summed E-state index contributed by atoms with van der Waals surface area (Å²) in [6.45, 7) is 2.25. The fourth-order valence-electron chi connectivity index (χ4n) is 2.60. The van der Waals surface area contributed by atoms with E-state index < -0.39 is 5.82 Å². The topological polar surface area (TPSA) is 29.1 Å². The molecule has 1 aliphatic carbocycles. The van der Waals surface area contributed by atoms with E-state index >= 15 is 0 Å². The van der Waals surface area contributed by atoms with Crippen molar-refractivity contribution in [2.24, 2.45) is 5.92 Å². The predicted molar refractivity (Wildman–Crippen MR) is 77.6 cm³/mol. The van der Waals surface area contributed by atoms with Gasteiger partial charge in [0.2, 0.25) is 0 Å². The third-order valence-electron chi connectivity index (χ3n) is 3.78. The lowest BCUT2D eigenvalue weighted by Crippen LogP contribution is -2.35. The van der Waals surface area contributed by atoms with Gasteiger partial charge in [-0.3, -0.25) is 4.79 Å². The summed E-state index contributed by atoms with van der Waals surface area (Å²) in [6, 6.07) is 4.76. The molecule has 0 aliphatic heterocycles. The van der Waals surface area contributed by atoms with Crippen LogP contribution in [0.3, 0.4) is 0 Å². The molecule has 19 heavy (non-hydrogen) atoms. The van der Waals surface area contributed by atoms with Crippen LogP contribution in [0.15, 0.2) is 22.7 Å². The second-order valence-electron chi connectivity index (χ2n) is 5.38. The molecule has 0 saturated heterocycles. The summed E-state index contributed by atoms with van der Waals surface area (Å²) in [5.41, 5.74) is 0.111. The molecule has 0 heterocycles. The van der Waals surface area contributed by atoms with Crippen LogP contribution in [0, 0.1) is 11.7 Å². The van der Waals surface area contributed by atoms with Crippen molar-refractivity contribution >= 4 is 21.8 Å². The molecule has 0 aromatic heterocycles. The van der Waals surface area contributed by atoms with Gasteiger partial charge in [-0.05, 0) is 53.2 Å². The van der Waals surface area contributed by atoms with Gasteiger partial charge in [0.15, 0.2) is 0 Å². The average molecular weight is 328 g/mol. The third-order valence-corrected chi connectivity index (χ3v) is 4.44. The second kappa shape index (κ2) is 6.51. The lowest BCUT2D eigenvalue weighted by atomic mass is 10.0. The Morgan fingerprint density at radius 2 is 2.11 bits per heavy atom. The SMILES string of the molecule is CC1CCCC(NC(=O)c2c(F)cccc2Br)CC1. The van der Waals surface area contributed by atoms with Crippen molar-refractivity contribution in [2.75, 3.05) is 0 Å². The predicted octanol–water partition coefficient (Wildman–Crippen LogP) is 4.29. The number of carbonyl (C=O) groups excluding carboxylic acids is 1. The maximum atomic E-state index is 13.7.